The minimum Gasteiger partial charge on any atom is -0.483 e. The van der Waals surface area contributed by atoms with E-state index in [0.29, 0.717) is 17.3 Å². The number of benzene rings is 1. The molecule has 0 aliphatic heterocycles. The fourth-order valence-electron chi connectivity index (χ4n) is 2.00. The van der Waals surface area contributed by atoms with Gasteiger partial charge in [-0.1, -0.05) is 15.9 Å². The van der Waals surface area contributed by atoms with Gasteiger partial charge in [-0.15, -0.1) is 0 Å². The third-order valence-electron chi connectivity index (χ3n) is 3.02. The predicted molar refractivity (Wildman–Crippen MR) is 63.5 cm³/mol. The van der Waals surface area contributed by atoms with E-state index in [-0.39, 0.29) is 12.2 Å². The fraction of sp³-hybridized carbons (Fsp3) is 0.417. The Morgan fingerprint density at radius 1 is 1.44 bits per heavy atom. The number of halogens is 3. The summed E-state index contributed by atoms with van der Waals surface area (Å²) in [6.45, 7) is 0. The molecule has 1 aromatic rings. The summed E-state index contributed by atoms with van der Waals surface area (Å²) >= 11 is 3.04. The Labute approximate surface area is 111 Å². The van der Waals surface area contributed by atoms with E-state index in [1.165, 1.54) is 6.07 Å². The van der Waals surface area contributed by atoms with Gasteiger partial charge in [-0.2, -0.15) is 4.39 Å². The maximum absolute atomic E-state index is 13.5. The zero-order valence-electron chi connectivity index (χ0n) is 9.38. The van der Waals surface area contributed by atoms with Crippen molar-refractivity contribution >= 4 is 21.9 Å². The van der Waals surface area contributed by atoms with Gasteiger partial charge < -0.3 is 9.84 Å². The third-order valence-corrected chi connectivity index (χ3v) is 3.48. The Morgan fingerprint density at radius 2 is 2.11 bits per heavy atom. The second kappa shape index (κ2) is 4.84. The van der Waals surface area contributed by atoms with Crippen LogP contribution in [0, 0.1) is 11.6 Å². The van der Waals surface area contributed by atoms with Crippen LogP contribution in [0.3, 0.4) is 0 Å². The monoisotopic (exact) mass is 320 g/mol. The average Bonchev–Trinajstić information content (AvgIpc) is 2.21. The molecule has 0 unspecified atom stereocenters. The van der Waals surface area contributed by atoms with E-state index in [4.69, 9.17) is 9.84 Å². The van der Waals surface area contributed by atoms with E-state index in [1.54, 1.807) is 0 Å². The second-order valence-electron chi connectivity index (χ2n) is 4.41. The minimum absolute atomic E-state index is 0.208. The van der Waals surface area contributed by atoms with E-state index < -0.39 is 23.2 Å². The lowest BCUT2D eigenvalue weighted by molar-refractivity contribution is -0.144. The second-order valence-corrected chi connectivity index (χ2v) is 5.32. The van der Waals surface area contributed by atoms with Gasteiger partial charge in [-0.3, -0.25) is 4.79 Å². The highest BCUT2D eigenvalue weighted by Crippen LogP contribution is 2.41. The minimum atomic E-state index is -1.09. The first-order valence-electron chi connectivity index (χ1n) is 5.47. The van der Waals surface area contributed by atoms with Crippen LogP contribution in [0.1, 0.15) is 25.7 Å². The van der Waals surface area contributed by atoms with Crippen LogP contribution in [0.4, 0.5) is 8.78 Å². The van der Waals surface area contributed by atoms with Crippen LogP contribution in [0.25, 0.3) is 0 Å². The van der Waals surface area contributed by atoms with Gasteiger partial charge in [0.05, 0.1) is 6.42 Å². The van der Waals surface area contributed by atoms with Gasteiger partial charge in [0, 0.05) is 4.47 Å². The van der Waals surface area contributed by atoms with Crippen LogP contribution in [0.2, 0.25) is 0 Å². The molecule has 1 aliphatic carbocycles. The summed E-state index contributed by atoms with van der Waals surface area (Å²) in [5.74, 6) is -3.37. The van der Waals surface area contributed by atoms with Crippen molar-refractivity contribution in [2.75, 3.05) is 0 Å². The lowest BCUT2D eigenvalue weighted by Gasteiger charge is -2.40. The first-order chi connectivity index (χ1) is 8.42. The van der Waals surface area contributed by atoms with Gasteiger partial charge in [0.1, 0.15) is 5.60 Å². The quantitative estimate of drug-likeness (QED) is 0.864. The average molecular weight is 321 g/mol. The normalized spacial score (nSPS) is 17.1. The van der Waals surface area contributed by atoms with Crippen molar-refractivity contribution in [3.8, 4) is 5.75 Å². The van der Waals surface area contributed by atoms with Crippen LogP contribution >= 0.6 is 15.9 Å². The van der Waals surface area contributed by atoms with Crippen molar-refractivity contribution in [3.05, 3.63) is 28.2 Å². The third kappa shape index (κ3) is 2.63. The molecule has 1 aliphatic rings. The fourth-order valence-corrected chi connectivity index (χ4v) is 2.41. The molecule has 98 valence electrons. The van der Waals surface area contributed by atoms with E-state index in [1.807, 2.05) is 0 Å². The molecule has 0 aromatic heterocycles. The Morgan fingerprint density at radius 3 is 2.61 bits per heavy atom. The van der Waals surface area contributed by atoms with Crippen LogP contribution in [-0.4, -0.2) is 16.7 Å². The molecule has 0 atom stereocenters. The molecule has 0 saturated heterocycles. The number of carboxylic acids is 1. The summed E-state index contributed by atoms with van der Waals surface area (Å²) < 4.78 is 32.5. The number of aliphatic carboxylic acids is 1. The Balaban J connectivity index is 2.25. The van der Waals surface area contributed by atoms with Gasteiger partial charge in [-0.05, 0) is 31.4 Å². The number of carboxylic acid groups (broad SMARTS) is 1. The smallest absolute Gasteiger partial charge is 0.307 e. The first-order valence-corrected chi connectivity index (χ1v) is 6.26. The predicted octanol–water partition coefficient (Wildman–Crippen LogP) is 3.50. The van der Waals surface area contributed by atoms with E-state index >= 15 is 0 Å². The molecular weight excluding hydrogens is 310 g/mol. The molecule has 0 spiro atoms. The van der Waals surface area contributed by atoms with Crippen molar-refractivity contribution in [1.82, 2.24) is 0 Å². The molecule has 0 bridgehead atoms. The van der Waals surface area contributed by atoms with Crippen molar-refractivity contribution in [3.63, 3.8) is 0 Å². The molecule has 3 nitrogen and oxygen atoms in total. The molecular formula is C12H11BrF2O3. The Kier molecular flexibility index (Phi) is 3.56. The summed E-state index contributed by atoms with van der Waals surface area (Å²) in [6, 6.07) is 2.30. The van der Waals surface area contributed by atoms with Gasteiger partial charge in [0.25, 0.3) is 0 Å². The van der Waals surface area contributed by atoms with E-state index in [9.17, 15) is 13.6 Å². The highest BCUT2D eigenvalue weighted by Gasteiger charge is 2.42. The van der Waals surface area contributed by atoms with Crippen LogP contribution in [0.15, 0.2) is 16.6 Å². The SMILES string of the molecule is O=C(O)CC1(Oc2cc(Br)cc(F)c2F)CCC1. The topological polar surface area (TPSA) is 46.5 Å². The molecule has 1 fully saturated rings. The van der Waals surface area contributed by atoms with Crippen molar-refractivity contribution in [2.45, 2.75) is 31.3 Å². The number of hydrogen-bond acceptors (Lipinski definition) is 2. The first kappa shape index (κ1) is 13.3. The highest BCUT2D eigenvalue weighted by molar-refractivity contribution is 9.10. The van der Waals surface area contributed by atoms with E-state index in [2.05, 4.69) is 15.9 Å². The molecule has 6 heteroatoms. The van der Waals surface area contributed by atoms with Crippen LogP contribution in [0.5, 0.6) is 5.75 Å². The molecule has 1 saturated carbocycles. The van der Waals surface area contributed by atoms with Gasteiger partial charge in [-0.25, -0.2) is 4.39 Å². The number of carbonyl (C=O) groups is 1. The summed E-state index contributed by atoms with van der Waals surface area (Å²) in [6.07, 6.45) is 1.69. The summed E-state index contributed by atoms with van der Waals surface area (Å²) in [5.41, 5.74) is -0.903. The molecule has 0 radical (unpaired) electrons. The summed E-state index contributed by atoms with van der Waals surface area (Å²) in [7, 11) is 0. The van der Waals surface area contributed by atoms with Gasteiger partial charge >= 0.3 is 5.97 Å². The van der Waals surface area contributed by atoms with Gasteiger partial charge in [0.2, 0.25) is 5.82 Å². The molecule has 2 rings (SSSR count). The Hall–Kier alpha value is -1.17. The van der Waals surface area contributed by atoms with Crippen molar-refractivity contribution in [1.29, 1.82) is 0 Å². The van der Waals surface area contributed by atoms with Crippen molar-refractivity contribution < 1.29 is 23.4 Å². The molecule has 1 N–H and O–H groups in total. The summed E-state index contributed by atoms with van der Waals surface area (Å²) in [5, 5.41) is 8.81. The largest absolute Gasteiger partial charge is 0.483 e. The van der Waals surface area contributed by atoms with Crippen LogP contribution in [-0.2, 0) is 4.79 Å². The van der Waals surface area contributed by atoms with Gasteiger partial charge in [0.15, 0.2) is 11.6 Å². The zero-order chi connectivity index (χ0) is 13.3. The number of hydrogen-bond donors (Lipinski definition) is 1. The highest BCUT2D eigenvalue weighted by atomic mass is 79.9. The number of ether oxygens (including phenoxy) is 1. The van der Waals surface area contributed by atoms with Crippen molar-refractivity contribution in [2.24, 2.45) is 0 Å². The molecule has 18 heavy (non-hydrogen) atoms. The van der Waals surface area contributed by atoms with Crippen LogP contribution < -0.4 is 4.74 Å². The Bertz CT molecular complexity index is 486. The summed E-state index contributed by atoms with van der Waals surface area (Å²) in [4.78, 5) is 10.8. The molecule has 0 amide bonds. The zero-order valence-corrected chi connectivity index (χ0v) is 11.0. The van der Waals surface area contributed by atoms with E-state index in [0.717, 1.165) is 12.5 Å². The number of rotatable bonds is 4. The molecule has 0 heterocycles. The maximum Gasteiger partial charge on any atom is 0.307 e. The maximum atomic E-state index is 13.5. The molecule has 1 aromatic carbocycles. The lowest BCUT2D eigenvalue weighted by atomic mass is 9.77. The lowest BCUT2D eigenvalue weighted by Crippen LogP contribution is -2.45. The standard InChI is InChI=1S/C12H11BrF2O3/c13-7-4-8(14)11(15)9(5-7)18-12(2-1-3-12)6-10(16)17/h4-5H,1-3,6H2,(H,16,17).